The van der Waals surface area contributed by atoms with Crippen LogP contribution in [0.5, 0.6) is 0 Å². The van der Waals surface area contributed by atoms with Crippen molar-refractivity contribution in [2.45, 2.75) is 365 Å². The number of unbranched alkanes of at least 4 members (excludes halogenated alkanes) is 37. The Morgan fingerprint density at radius 2 is 0.747 bits per heavy atom. The number of aliphatic hydroxyl groups excluding tert-OH is 5. The first-order valence-electron chi connectivity index (χ1n) is 35.3. The van der Waals surface area contributed by atoms with Crippen LogP contribution < -0.4 is 5.32 Å². The van der Waals surface area contributed by atoms with Crippen molar-refractivity contribution in [1.82, 2.24) is 5.32 Å². The summed E-state index contributed by atoms with van der Waals surface area (Å²) < 4.78 is 11.4. The summed E-state index contributed by atoms with van der Waals surface area (Å²) in [4.78, 5) is 13.2. The lowest BCUT2D eigenvalue weighted by atomic mass is 9.99. The zero-order chi connectivity index (χ0) is 60.0. The second kappa shape index (κ2) is 62.4. The predicted octanol–water partition coefficient (Wildman–Crippen LogP) is 19.3. The number of aliphatic hydroxyl groups is 5. The third-order valence-corrected chi connectivity index (χ3v) is 16.5. The summed E-state index contributed by atoms with van der Waals surface area (Å²) in [6, 6.07) is -0.727. The van der Waals surface area contributed by atoms with Crippen LogP contribution in [0.2, 0.25) is 0 Å². The van der Waals surface area contributed by atoms with E-state index < -0.39 is 49.5 Å². The molecule has 0 spiro atoms. The fraction of sp³-hybridized carbons (Fsp3) is 0.797. The highest BCUT2D eigenvalue weighted by Crippen LogP contribution is 2.24. The molecule has 0 bridgehead atoms. The Morgan fingerprint density at radius 1 is 0.422 bits per heavy atom. The fourth-order valence-electron chi connectivity index (χ4n) is 11.0. The molecule has 0 aromatic heterocycles. The Hall–Kier alpha value is -2.63. The smallest absolute Gasteiger partial charge is 0.220 e. The van der Waals surface area contributed by atoms with Crippen LogP contribution in [0.25, 0.3) is 0 Å². The Bertz CT molecular complexity index is 1590. The lowest BCUT2D eigenvalue weighted by molar-refractivity contribution is -0.302. The van der Waals surface area contributed by atoms with E-state index in [4.69, 9.17) is 9.47 Å². The minimum atomic E-state index is -1.56. The lowest BCUT2D eigenvalue weighted by Crippen LogP contribution is -2.60. The molecule has 7 unspecified atom stereocenters. The molecule has 0 radical (unpaired) electrons. The van der Waals surface area contributed by atoms with Crippen molar-refractivity contribution in [2.75, 3.05) is 13.2 Å². The highest BCUT2D eigenvalue weighted by Gasteiger charge is 2.44. The van der Waals surface area contributed by atoms with Gasteiger partial charge in [-0.25, -0.2) is 0 Å². The number of carbonyl (C=O) groups is 1. The first-order chi connectivity index (χ1) is 40.8. The van der Waals surface area contributed by atoms with Crippen LogP contribution in [0.4, 0.5) is 0 Å². The number of hydrogen-bond donors (Lipinski definition) is 6. The average molecular weight is 1160 g/mol. The van der Waals surface area contributed by atoms with Crippen molar-refractivity contribution >= 4 is 5.91 Å². The molecule has 0 aromatic rings. The van der Waals surface area contributed by atoms with Crippen LogP contribution in [0.3, 0.4) is 0 Å². The van der Waals surface area contributed by atoms with Crippen LogP contribution in [0.1, 0.15) is 322 Å². The molecular formula is C74H133NO8. The van der Waals surface area contributed by atoms with Crippen molar-refractivity contribution in [3.63, 3.8) is 0 Å². The Balaban J connectivity index is 2.13. The van der Waals surface area contributed by atoms with E-state index in [-0.39, 0.29) is 12.5 Å². The SMILES string of the molecule is CC/C=C\C/C=C\C/C=C\C/C=C\C/C=C\C/C=C\C/C=C\CCCCCCCCCCCCCC(=O)NC(COC1OC(CO)C(O)C(O)C1O)C(O)CCCCCCCCCCCCCCCCCCCCCCCCCCCCC. The summed E-state index contributed by atoms with van der Waals surface area (Å²) >= 11 is 0. The van der Waals surface area contributed by atoms with Gasteiger partial charge in [-0.2, -0.15) is 0 Å². The van der Waals surface area contributed by atoms with E-state index in [1.807, 2.05) is 0 Å². The summed E-state index contributed by atoms with van der Waals surface area (Å²) in [6.07, 6.45) is 82.1. The Labute approximate surface area is 511 Å². The molecule has 0 saturated carbocycles. The third kappa shape index (κ3) is 51.2. The van der Waals surface area contributed by atoms with E-state index >= 15 is 0 Å². The molecule has 1 amide bonds. The van der Waals surface area contributed by atoms with Crippen LogP contribution >= 0.6 is 0 Å². The van der Waals surface area contributed by atoms with E-state index in [0.29, 0.717) is 12.8 Å². The van der Waals surface area contributed by atoms with Gasteiger partial charge in [-0.1, -0.05) is 330 Å². The summed E-state index contributed by atoms with van der Waals surface area (Å²) in [5.74, 6) is -0.146. The molecule has 1 aliphatic rings. The molecule has 1 rings (SSSR count). The molecule has 9 nitrogen and oxygen atoms in total. The minimum Gasteiger partial charge on any atom is -0.394 e. The molecule has 1 fully saturated rings. The average Bonchev–Trinajstić information content (AvgIpc) is 3.61. The molecule has 0 aromatic carbocycles. The number of carbonyl (C=O) groups excluding carboxylic acids is 1. The van der Waals surface area contributed by atoms with Gasteiger partial charge >= 0.3 is 0 Å². The normalized spacial score (nSPS) is 18.8. The van der Waals surface area contributed by atoms with E-state index in [9.17, 15) is 30.3 Å². The number of ether oxygens (including phenoxy) is 2. The zero-order valence-corrected chi connectivity index (χ0v) is 53.9. The van der Waals surface area contributed by atoms with Gasteiger partial charge < -0.3 is 40.3 Å². The molecule has 0 aliphatic carbocycles. The maximum absolute atomic E-state index is 13.2. The van der Waals surface area contributed by atoms with Crippen LogP contribution in [0, 0.1) is 0 Å². The number of allylic oxidation sites excluding steroid dienone is 14. The van der Waals surface area contributed by atoms with Gasteiger partial charge in [0.25, 0.3) is 0 Å². The first-order valence-corrected chi connectivity index (χ1v) is 35.3. The molecule has 482 valence electrons. The number of hydrogen-bond acceptors (Lipinski definition) is 8. The second-order valence-corrected chi connectivity index (χ2v) is 24.3. The number of amides is 1. The van der Waals surface area contributed by atoms with Crippen molar-refractivity contribution in [2.24, 2.45) is 0 Å². The van der Waals surface area contributed by atoms with Gasteiger partial charge in [0.1, 0.15) is 24.4 Å². The van der Waals surface area contributed by atoms with Crippen molar-refractivity contribution in [3.05, 3.63) is 85.1 Å². The topological polar surface area (TPSA) is 149 Å². The highest BCUT2D eigenvalue weighted by molar-refractivity contribution is 5.76. The fourth-order valence-corrected chi connectivity index (χ4v) is 11.0. The van der Waals surface area contributed by atoms with Gasteiger partial charge in [0, 0.05) is 6.42 Å². The Kier molecular flexibility index (Phi) is 59.0. The molecule has 9 heteroatoms. The minimum absolute atomic E-state index is 0.141. The van der Waals surface area contributed by atoms with Gasteiger partial charge in [-0.15, -0.1) is 0 Å². The number of nitrogens with one attached hydrogen (secondary N) is 1. The first kappa shape index (κ1) is 78.4. The van der Waals surface area contributed by atoms with E-state index in [0.717, 1.165) is 89.9 Å². The highest BCUT2D eigenvalue weighted by atomic mass is 16.7. The van der Waals surface area contributed by atoms with Gasteiger partial charge in [0.2, 0.25) is 5.91 Å². The van der Waals surface area contributed by atoms with Crippen LogP contribution in [-0.4, -0.2) is 87.5 Å². The second-order valence-electron chi connectivity index (χ2n) is 24.3. The molecule has 7 atom stereocenters. The van der Waals surface area contributed by atoms with Crippen molar-refractivity contribution in [3.8, 4) is 0 Å². The molecule has 1 saturated heterocycles. The standard InChI is InChI=1S/C74H133NO8/c1-3-5-7-9-11-13-15-17-19-21-23-25-27-29-31-32-33-34-35-36-38-40-42-44-46-48-50-52-54-56-58-60-62-64-70(78)75-67(66-82-74-73(81)72(80)71(79)69(65-76)83-74)68(77)63-61-59-57-55-53-51-49-47-45-43-41-39-37-30-28-26-24-22-20-18-16-14-12-10-8-6-4-2/h5,7,11,13,17,19,23,25,29,31,33-34,36,38,67-69,71-74,76-77,79-81H,3-4,6,8-10,12,14-16,18,20-22,24,26-28,30,32,35,37,39-66H2,1-2H3,(H,75,78)/b7-5-,13-11-,19-17-,25-23-,31-29-,34-33-,38-36-. The maximum atomic E-state index is 13.2. The van der Waals surface area contributed by atoms with Crippen molar-refractivity contribution in [1.29, 1.82) is 0 Å². The van der Waals surface area contributed by atoms with E-state index in [2.05, 4.69) is 104 Å². The van der Waals surface area contributed by atoms with Crippen molar-refractivity contribution < 1.29 is 39.8 Å². The molecule has 1 aliphatic heterocycles. The van der Waals surface area contributed by atoms with E-state index in [1.54, 1.807) is 0 Å². The monoisotopic (exact) mass is 1160 g/mol. The third-order valence-electron chi connectivity index (χ3n) is 16.5. The predicted molar refractivity (Wildman–Crippen MR) is 355 cm³/mol. The molecule has 1 heterocycles. The summed E-state index contributed by atoms with van der Waals surface area (Å²) in [6.45, 7) is 3.76. The Morgan fingerprint density at radius 3 is 1.11 bits per heavy atom. The lowest BCUT2D eigenvalue weighted by Gasteiger charge is -2.40. The van der Waals surface area contributed by atoms with Crippen LogP contribution in [-0.2, 0) is 14.3 Å². The molecular weight excluding hydrogens is 1030 g/mol. The quantitative estimate of drug-likeness (QED) is 0.0261. The molecule has 6 N–H and O–H groups in total. The summed E-state index contributed by atoms with van der Waals surface area (Å²) in [7, 11) is 0. The van der Waals surface area contributed by atoms with Gasteiger partial charge in [-0.05, 0) is 70.6 Å². The summed E-state index contributed by atoms with van der Waals surface area (Å²) in [5.41, 5.74) is 0. The molecule has 83 heavy (non-hydrogen) atoms. The maximum Gasteiger partial charge on any atom is 0.220 e. The van der Waals surface area contributed by atoms with Gasteiger partial charge in [-0.3, -0.25) is 4.79 Å². The number of rotatable bonds is 61. The van der Waals surface area contributed by atoms with Gasteiger partial charge in [0.15, 0.2) is 6.29 Å². The van der Waals surface area contributed by atoms with E-state index in [1.165, 1.54) is 205 Å². The largest absolute Gasteiger partial charge is 0.394 e. The van der Waals surface area contributed by atoms with Crippen LogP contribution in [0.15, 0.2) is 85.1 Å². The van der Waals surface area contributed by atoms with Gasteiger partial charge in [0.05, 0.1) is 25.4 Å². The summed E-state index contributed by atoms with van der Waals surface area (Å²) in [5, 5.41) is 55.0. The zero-order valence-electron chi connectivity index (χ0n) is 53.9.